The Hall–Kier alpha value is -2.61. The highest BCUT2D eigenvalue weighted by Gasteiger charge is 2.39. The molecular weight excluding hydrogens is 344 g/mol. The number of nitrogens with zero attached hydrogens (tertiary/aromatic N) is 2. The molecule has 1 aliphatic rings. The molecule has 2 rings (SSSR count). The number of rotatable bonds is 6. The smallest absolute Gasteiger partial charge is 0.374 e. The van der Waals surface area contributed by atoms with Gasteiger partial charge in [-0.1, -0.05) is 30.3 Å². The Bertz CT molecular complexity index is 719. The first-order valence-corrected chi connectivity index (χ1v) is 8.53. The van der Waals surface area contributed by atoms with Crippen LogP contribution in [0.25, 0.3) is 0 Å². The van der Waals surface area contributed by atoms with Crippen molar-refractivity contribution in [3.63, 3.8) is 0 Å². The molecule has 0 spiro atoms. The van der Waals surface area contributed by atoms with Crippen LogP contribution in [0.15, 0.2) is 41.9 Å². The second-order valence-corrected chi connectivity index (χ2v) is 6.74. The van der Waals surface area contributed by atoms with Crippen molar-refractivity contribution in [1.82, 2.24) is 10.0 Å². The van der Waals surface area contributed by atoms with E-state index in [4.69, 9.17) is 5.11 Å². The quantitative estimate of drug-likeness (QED) is 0.770. The van der Waals surface area contributed by atoms with E-state index in [2.05, 4.69) is 0 Å². The van der Waals surface area contributed by atoms with Crippen molar-refractivity contribution in [2.75, 3.05) is 0 Å². The number of hydrogen-bond acceptors (Lipinski definition) is 5. The molecule has 7 nitrogen and oxygen atoms in total. The molecule has 2 atom stereocenters. The van der Waals surface area contributed by atoms with Crippen LogP contribution in [0.1, 0.15) is 19.4 Å². The minimum atomic E-state index is -1.65. The van der Waals surface area contributed by atoms with Gasteiger partial charge in [-0.15, -0.1) is 11.8 Å². The SMILES string of the molecule is CC(=O)N([C@@H](Cc1ccccc1)C(=O)C(=O)O)N1C=CSC(C)C1=O. The van der Waals surface area contributed by atoms with Gasteiger partial charge in [-0.25, -0.2) is 14.8 Å². The fourth-order valence-corrected chi connectivity index (χ4v) is 3.14. The van der Waals surface area contributed by atoms with Crippen LogP contribution >= 0.6 is 11.8 Å². The summed E-state index contributed by atoms with van der Waals surface area (Å²) in [5.74, 6) is -3.78. The lowest BCUT2D eigenvalue weighted by molar-refractivity contribution is -0.167. The highest BCUT2D eigenvalue weighted by molar-refractivity contribution is 8.03. The first kappa shape index (κ1) is 18.7. The van der Waals surface area contributed by atoms with Crippen LogP contribution in [0.4, 0.5) is 0 Å². The average Bonchev–Trinajstić information content (AvgIpc) is 2.58. The minimum absolute atomic E-state index is 0.00923. The maximum atomic E-state index is 12.4. The summed E-state index contributed by atoms with van der Waals surface area (Å²) in [6.07, 6.45) is 1.37. The molecule has 0 radical (unpaired) electrons. The number of hydrazine groups is 1. The summed E-state index contributed by atoms with van der Waals surface area (Å²) < 4.78 is 0. The van der Waals surface area contributed by atoms with Gasteiger partial charge < -0.3 is 5.11 Å². The predicted octanol–water partition coefficient (Wildman–Crippen LogP) is 1.45. The van der Waals surface area contributed by atoms with Crippen LogP contribution in [0, 0.1) is 0 Å². The van der Waals surface area contributed by atoms with E-state index >= 15 is 0 Å². The zero-order valence-corrected chi connectivity index (χ0v) is 14.6. The van der Waals surface area contributed by atoms with Crippen LogP contribution in [-0.4, -0.2) is 50.0 Å². The average molecular weight is 362 g/mol. The monoisotopic (exact) mass is 362 g/mol. The third-order valence-electron chi connectivity index (χ3n) is 3.69. The molecule has 0 bridgehead atoms. The van der Waals surface area contributed by atoms with E-state index in [-0.39, 0.29) is 12.3 Å². The van der Waals surface area contributed by atoms with E-state index < -0.39 is 29.0 Å². The largest absolute Gasteiger partial charge is 0.475 e. The number of carbonyl (C=O) groups is 4. The van der Waals surface area contributed by atoms with Crippen molar-refractivity contribution in [2.24, 2.45) is 0 Å². The number of carboxylic acids is 1. The lowest BCUT2D eigenvalue weighted by Crippen LogP contribution is -2.58. The fourth-order valence-electron chi connectivity index (χ4n) is 2.50. The fraction of sp³-hybridized carbons (Fsp3) is 0.294. The molecule has 25 heavy (non-hydrogen) atoms. The molecule has 0 saturated carbocycles. The van der Waals surface area contributed by atoms with Crippen LogP contribution in [0.5, 0.6) is 0 Å². The number of ketones is 1. The van der Waals surface area contributed by atoms with Crippen LogP contribution < -0.4 is 0 Å². The number of aliphatic carboxylic acids is 1. The zero-order chi connectivity index (χ0) is 18.6. The third-order valence-corrected chi connectivity index (χ3v) is 4.58. The van der Waals surface area contributed by atoms with Gasteiger partial charge in [-0.05, 0) is 17.9 Å². The number of hydrogen-bond donors (Lipinski definition) is 1. The summed E-state index contributed by atoms with van der Waals surface area (Å²) in [4.78, 5) is 48.2. The van der Waals surface area contributed by atoms with Gasteiger partial charge in [0.2, 0.25) is 5.91 Å². The summed E-state index contributed by atoms with van der Waals surface area (Å²) in [7, 11) is 0. The maximum absolute atomic E-state index is 12.4. The van der Waals surface area contributed by atoms with Crippen molar-refractivity contribution in [3.05, 3.63) is 47.5 Å². The number of Topliss-reactive ketones (excluding diaryl/α,β-unsaturated/α-hetero) is 1. The number of carboxylic acid groups (broad SMARTS) is 1. The van der Waals surface area contributed by atoms with E-state index in [1.807, 2.05) is 0 Å². The van der Waals surface area contributed by atoms with Crippen LogP contribution in [-0.2, 0) is 25.6 Å². The topological polar surface area (TPSA) is 95.0 Å². The Morgan fingerprint density at radius 2 is 1.92 bits per heavy atom. The molecule has 0 aliphatic carbocycles. The van der Waals surface area contributed by atoms with Gasteiger partial charge in [-0.3, -0.25) is 14.4 Å². The first-order chi connectivity index (χ1) is 11.8. The van der Waals surface area contributed by atoms with E-state index in [0.29, 0.717) is 5.56 Å². The predicted molar refractivity (Wildman–Crippen MR) is 92.1 cm³/mol. The van der Waals surface area contributed by atoms with E-state index in [1.165, 1.54) is 24.9 Å². The summed E-state index contributed by atoms with van der Waals surface area (Å²) in [6, 6.07) is 7.43. The number of amides is 2. The van der Waals surface area contributed by atoms with Gasteiger partial charge >= 0.3 is 5.97 Å². The molecule has 0 aromatic heterocycles. The lowest BCUT2D eigenvalue weighted by atomic mass is 10.0. The molecule has 2 amide bonds. The van der Waals surface area contributed by atoms with E-state index in [1.54, 1.807) is 42.7 Å². The summed E-state index contributed by atoms with van der Waals surface area (Å²) >= 11 is 1.28. The molecule has 132 valence electrons. The Morgan fingerprint density at radius 1 is 1.28 bits per heavy atom. The first-order valence-electron chi connectivity index (χ1n) is 7.59. The second-order valence-electron chi connectivity index (χ2n) is 5.48. The molecule has 1 heterocycles. The van der Waals surface area contributed by atoms with E-state index in [9.17, 15) is 19.2 Å². The van der Waals surface area contributed by atoms with Crippen molar-refractivity contribution in [1.29, 1.82) is 0 Å². The van der Waals surface area contributed by atoms with Crippen molar-refractivity contribution >= 4 is 35.3 Å². The van der Waals surface area contributed by atoms with Crippen molar-refractivity contribution in [3.8, 4) is 0 Å². The van der Waals surface area contributed by atoms with Gasteiger partial charge in [0.05, 0.1) is 5.25 Å². The molecule has 1 aliphatic heterocycles. The summed E-state index contributed by atoms with van der Waals surface area (Å²) in [5, 5.41) is 12.3. The van der Waals surface area contributed by atoms with Gasteiger partial charge in [0, 0.05) is 19.5 Å². The Balaban J connectivity index is 2.43. The minimum Gasteiger partial charge on any atom is -0.475 e. The van der Waals surface area contributed by atoms with Crippen molar-refractivity contribution < 1.29 is 24.3 Å². The lowest BCUT2D eigenvalue weighted by Gasteiger charge is -2.38. The van der Waals surface area contributed by atoms with Crippen LogP contribution in [0.2, 0.25) is 0 Å². The molecule has 1 unspecified atom stereocenters. The zero-order valence-electron chi connectivity index (χ0n) is 13.8. The summed E-state index contributed by atoms with van der Waals surface area (Å²) in [6.45, 7) is 2.87. The Kier molecular flexibility index (Phi) is 5.97. The van der Waals surface area contributed by atoms with Crippen LogP contribution in [0.3, 0.4) is 0 Å². The van der Waals surface area contributed by atoms with Gasteiger partial charge in [0.1, 0.15) is 6.04 Å². The molecule has 8 heteroatoms. The molecular formula is C17H18N2O5S. The maximum Gasteiger partial charge on any atom is 0.374 e. The van der Waals surface area contributed by atoms with Crippen molar-refractivity contribution in [2.45, 2.75) is 31.6 Å². The Morgan fingerprint density at radius 3 is 2.48 bits per heavy atom. The highest BCUT2D eigenvalue weighted by Crippen LogP contribution is 2.24. The number of carbonyl (C=O) groups excluding carboxylic acids is 3. The van der Waals surface area contributed by atoms with Gasteiger partial charge in [-0.2, -0.15) is 0 Å². The Labute approximate surface area is 149 Å². The molecule has 1 N–H and O–H groups in total. The number of thioether (sulfide) groups is 1. The normalized spacial score (nSPS) is 17.9. The molecule has 1 aromatic carbocycles. The summed E-state index contributed by atoms with van der Waals surface area (Å²) in [5.41, 5.74) is 0.684. The van der Waals surface area contributed by atoms with Gasteiger partial charge in [0.15, 0.2) is 0 Å². The standard InChI is InChI=1S/C17H18N2O5S/c1-11-16(22)18(8-9-25-11)19(12(2)20)14(15(21)17(23)24)10-13-6-4-3-5-7-13/h3-9,11,14H,10H2,1-2H3,(H,23,24)/t11?,14-/m0/s1. The molecule has 0 fully saturated rings. The number of benzene rings is 1. The van der Waals surface area contributed by atoms with Gasteiger partial charge in [0.25, 0.3) is 11.7 Å². The highest BCUT2D eigenvalue weighted by atomic mass is 32.2. The third kappa shape index (κ3) is 4.27. The van der Waals surface area contributed by atoms with E-state index in [0.717, 1.165) is 10.0 Å². The molecule has 0 saturated heterocycles. The second kappa shape index (κ2) is 7.98. The molecule has 1 aromatic rings.